The van der Waals surface area contributed by atoms with E-state index in [-0.39, 0.29) is 23.4 Å². The smallest absolute Gasteiger partial charge is 0.274 e. The maximum atomic E-state index is 11.7. The summed E-state index contributed by atoms with van der Waals surface area (Å²) in [6.07, 6.45) is 1.95. The molecule has 7 nitrogen and oxygen atoms in total. The number of rotatable bonds is 5. The predicted molar refractivity (Wildman–Crippen MR) is 65.8 cm³/mol. The molecule has 0 atom stereocenters. The summed E-state index contributed by atoms with van der Waals surface area (Å²) in [5.74, 6) is -0.0813. The molecule has 1 heterocycles. The van der Waals surface area contributed by atoms with E-state index in [0.29, 0.717) is 24.5 Å². The minimum absolute atomic E-state index is 0.0689. The quantitative estimate of drug-likeness (QED) is 0.531. The average molecular weight is 251 g/mol. The Hall–Kier alpha value is -2.05. The Morgan fingerprint density at radius 3 is 2.61 bits per heavy atom. The van der Waals surface area contributed by atoms with Crippen LogP contribution in [0.15, 0.2) is 0 Å². The Kier molecular flexibility index (Phi) is 3.50. The first-order chi connectivity index (χ1) is 8.59. The lowest BCUT2D eigenvalue weighted by molar-refractivity contribution is -0.122. The number of carbonyl (C=O) groups excluding carboxylic acids is 2. The van der Waals surface area contributed by atoms with E-state index in [0.717, 1.165) is 12.8 Å². The Morgan fingerprint density at radius 1 is 1.39 bits per heavy atom. The lowest BCUT2D eigenvalue weighted by atomic mass is 10.3. The van der Waals surface area contributed by atoms with Gasteiger partial charge in [-0.15, -0.1) is 0 Å². The summed E-state index contributed by atoms with van der Waals surface area (Å²) in [6, 6.07) is 0. The van der Waals surface area contributed by atoms with Gasteiger partial charge in [-0.05, 0) is 19.8 Å². The largest absolute Gasteiger partial charge is 0.395 e. The number of carbonyl (C=O) groups is 2. The molecule has 0 saturated heterocycles. The second-order valence-corrected chi connectivity index (χ2v) is 4.43. The third kappa shape index (κ3) is 2.79. The lowest BCUT2D eigenvalue weighted by Gasteiger charge is -2.05. The summed E-state index contributed by atoms with van der Waals surface area (Å²) < 4.78 is 0. The summed E-state index contributed by atoms with van der Waals surface area (Å²) in [5, 5.41) is 11.9. The Bertz CT molecular complexity index is 464. The number of H-pyrrole nitrogens is 1. The van der Waals surface area contributed by atoms with Gasteiger partial charge in [0.2, 0.25) is 5.91 Å². The molecular weight excluding hydrogens is 234 g/mol. The molecule has 0 unspecified atom stereocenters. The predicted octanol–water partition coefficient (Wildman–Crippen LogP) is -0.444. The van der Waals surface area contributed by atoms with E-state index in [4.69, 9.17) is 5.73 Å². The van der Waals surface area contributed by atoms with Gasteiger partial charge in [-0.1, -0.05) is 0 Å². The van der Waals surface area contributed by atoms with E-state index < -0.39 is 0 Å². The van der Waals surface area contributed by atoms with Crippen LogP contribution in [0.4, 0.5) is 5.69 Å². The Morgan fingerprint density at radius 2 is 2.06 bits per heavy atom. The minimum Gasteiger partial charge on any atom is -0.395 e. The Labute approximate surface area is 105 Å². The van der Waals surface area contributed by atoms with Gasteiger partial charge in [-0.25, -0.2) is 0 Å². The maximum absolute atomic E-state index is 11.7. The zero-order valence-electron chi connectivity index (χ0n) is 10.2. The number of nitrogen functional groups attached to an aromatic ring is 1. The third-order valence-electron chi connectivity index (χ3n) is 2.87. The van der Waals surface area contributed by atoms with Crippen molar-refractivity contribution in [2.24, 2.45) is 5.92 Å². The molecule has 1 saturated carbocycles. The Balaban J connectivity index is 1.71. The molecule has 1 aromatic rings. The number of hydrogen-bond acceptors (Lipinski definition) is 4. The highest BCUT2D eigenvalue weighted by Crippen LogP contribution is 2.28. The number of aromatic nitrogens is 2. The summed E-state index contributed by atoms with van der Waals surface area (Å²) in [4.78, 5) is 23.0. The van der Waals surface area contributed by atoms with Crippen LogP contribution in [0.5, 0.6) is 0 Å². The topological polar surface area (TPSA) is 113 Å². The van der Waals surface area contributed by atoms with Crippen molar-refractivity contribution in [3.63, 3.8) is 0 Å². The van der Waals surface area contributed by atoms with Crippen molar-refractivity contribution in [1.29, 1.82) is 0 Å². The monoisotopic (exact) mass is 251 g/mol. The highest BCUT2D eigenvalue weighted by Gasteiger charge is 2.29. The molecule has 2 amide bonds. The van der Waals surface area contributed by atoms with Crippen LogP contribution < -0.4 is 16.4 Å². The van der Waals surface area contributed by atoms with Crippen molar-refractivity contribution in [1.82, 2.24) is 20.8 Å². The van der Waals surface area contributed by atoms with Gasteiger partial charge in [0.25, 0.3) is 5.91 Å². The van der Waals surface area contributed by atoms with Crippen molar-refractivity contribution in [2.75, 3.05) is 18.8 Å². The number of nitrogens with two attached hydrogens (primary N) is 1. The van der Waals surface area contributed by atoms with Crippen LogP contribution in [0.2, 0.25) is 0 Å². The molecular formula is C11H17N5O2. The standard InChI is InChI=1S/C11H17N5O2/c1-6-8(12)9(16-15-6)11(18)14-5-4-13-10(17)7-2-3-7/h7H,2-5,12H2,1H3,(H,13,17)(H,14,18)(H,15,16). The van der Waals surface area contributed by atoms with Gasteiger partial charge >= 0.3 is 0 Å². The SMILES string of the molecule is Cc1[nH]nc(C(=O)NCCNC(=O)C2CC2)c1N. The molecule has 0 radical (unpaired) electrons. The van der Waals surface area contributed by atoms with Crippen molar-refractivity contribution >= 4 is 17.5 Å². The van der Waals surface area contributed by atoms with Crippen LogP contribution in [-0.2, 0) is 4.79 Å². The van der Waals surface area contributed by atoms with E-state index in [1.54, 1.807) is 6.92 Å². The van der Waals surface area contributed by atoms with Gasteiger partial charge in [-0.3, -0.25) is 14.7 Å². The van der Waals surface area contributed by atoms with E-state index >= 15 is 0 Å². The van der Waals surface area contributed by atoms with Gasteiger partial charge < -0.3 is 16.4 Å². The summed E-state index contributed by atoms with van der Waals surface area (Å²) >= 11 is 0. The van der Waals surface area contributed by atoms with Crippen molar-refractivity contribution < 1.29 is 9.59 Å². The molecule has 1 aromatic heterocycles. The van der Waals surface area contributed by atoms with E-state index in [1.807, 2.05) is 0 Å². The third-order valence-corrected chi connectivity index (χ3v) is 2.87. The summed E-state index contributed by atoms with van der Waals surface area (Å²) in [5.41, 5.74) is 6.90. The summed E-state index contributed by atoms with van der Waals surface area (Å²) in [6.45, 7) is 2.53. The molecule has 0 aliphatic heterocycles. The second-order valence-electron chi connectivity index (χ2n) is 4.43. The fourth-order valence-electron chi connectivity index (χ4n) is 1.55. The summed E-state index contributed by atoms with van der Waals surface area (Å²) in [7, 11) is 0. The minimum atomic E-state index is -0.336. The zero-order chi connectivity index (χ0) is 13.1. The van der Waals surface area contributed by atoms with Gasteiger partial charge in [-0.2, -0.15) is 5.10 Å². The molecule has 98 valence electrons. The molecule has 1 aliphatic carbocycles. The first-order valence-corrected chi connectivity index (χ1v) is 5.96. The number of aryl methyl sites for hydroxylation is 1. The van der Waals surface area contributed by atoms with Gasteiger partial charge in [0.15, 0.2) is 5.69 Å². The van der Waals surface area contributed by atoms with E-state index in [2.05, 4.69) is 20.8 Å². The van der Waals surface area contributed by atoms with E-state index in [1.165, 1.54) is 0 Å². The maximum Gasteiger partial charge on any atom is 0.274 e. The number of anilines is 1. The van der Waals surface area contributed by atoms with Crippen molar-refractivity contribution in [2.45, 2.75) is 19.8 Å². The molecule has 18 heavy (non-hydrogen) atoms. The van der Waals surface area contributed by atoms with Crippen LogP contribution in [0.25, 0.3) is 0 Å². The highest BCUT2D eigenvalue weighted by molar-refractivity contribution is 5.97. The first kappa shape index (κ1) is 12.4. The van der Waals surface area contributed by atoms with Gasteiger partial charge in [0.05, 0.1) is 11.4 Å². The number of aromatic amines is 1. The number of nitrogens with one attached hydrogen (secondary N) is 3. The van der Waals surface area contributed by atoms with Gasteiger partial charge in [0.1, 0.15) is 0 Å². The van der Waals surface area contributed by atoms with Crippen LogP contribution >= 0.6 is 0 Å². The molecule has 7 heteroatoms. The molecule has 0 bridgehead atoms. The highest BCUT2D eigenvalue weighted by atomic mass is 16.2. The van der Waals surface area contributed by atoms with E-state index in [9.17, 15) is 9.59 Å². The van der Waals surface area contributed by atoms with Crippen molar-refractivity contribution in [3.8, 4) is 0 Å². The fraction of sp³-hybridized carbons (Fsp3) is 0.545. The molecule has 2 rings (SSSR count). The van der Waals surface area contributed by atoms with Gasteiger partial charge in [0, 0.05) is 19.0 Å². The van der Waals surface area contributed by atoms with Crippen LogP contribution in [-0.4, -0.2) is 35.1 Å². The zero-order valence-corrected chi connectivity index (χ0v) is 10.2. The lowest BCUT2D eigenvalue weighted by Crippen LogP contribution is -2.35. The van der Waals surface area contributed by atoms with Crippen molar-refractivity contribution in [3.05, 3.63) is 11.4 Å². The number of nitrogens with zero attached hydrogens (tertiary/aromatic N) is 1. The molecule has 1 aliphatic rings. The average Bonchev–Trinajstić information content (AvgIpc) is 3.13. The van der Waals surface area contributed by atoms with Crippen LogP contribution in [0.1, 0.15) is 29.0 Å². The first-order valence-electron chi connectivity index (χ1n) is 5.96. The normalized spacial score (nSPS) is 14.3. The van der Waals surface area contributed by atoms with Crippen LogP contribution in [0.3, 0.4) is 0 Å². The number of amides is 2. The number of hydrogen-bond donors (Lipinski definition) is 4. The van der Waals surface area contributed by atoms with Crippen LogP contribution in [0, 0.1) is 12.8 Å². The fourth-order valence-corrected chi connectivity index (χ4v) is 1.55. The molecule has 5 N–H and O–H groups in total. The second kappa shape index (κ2) is 5.07. The molecule has 1 fully saturated rings. The molecule has 0 aromatic carbocycles. The molecule has 0 spiro atoms.